The van der Waals surface area contributed by atoms with Crippen molar-refractivity contribution >= 4 is 6.08 Å². The summed E-state index contributed by atoms with van der Waals surface area (Å²) in [4.78, 5) is 17.2. The first kappa shape index (κ1) is 8.67. The van der Waals surface area contributed by atoms with Crippen LogP contribution in [0.5, 0.6) is 0 Å². The van der Waals surface area contributed by atoms with E-state index >= 15 is 0 Å². The van der Waals surface area contributed by atoms with E-state index < -0.39 is 0 Å². The fourth-order valence-electron chi connectivity index (χ4n) is 0.759. The number of hydrogen-bond donors (Lipinski definition) is 2. The highest BCUT2D eigenvalue weighted by Gasteiger charge is 1.90. The highest BCUT2D eigenvalue weighted by molar-refractivity contribution is 5.45. The Labute approximate surface area is 69.6 Å². The standard InChI is InChI=1S/C8H10N2O2/c11-4-2-1-3-7-5-9-6-10-8(7)12/h1,3,5-6,11H,2,4H2,(H,9,10,12). The van der Waals surface area contributed by atoms with Gasteiger partial charge in [-0.3, -0.25) is 4.79 Å². The number of hydrogen-bond acceptors (Lipinski definition) is 3. The summed E-state index contributed by atoms with van der Waals surface area (Å²) >= 11 is 0. The molecule has 1 rings (SSSR count). The Morgan fingerprint density at radius 3 is 3.17 bits per heavy atom. The van der Waals surface area contributed by atoms with Crippen LogP contribution in [0.2, 0.25) is 0 Å². The van der Waals surface area contributed by atoms with Crippen molar-refractivity contribution in [2.24, 2.45) is 0 Å². The predicted molar refractivity (Wildman–Crippen MR) is 45.6 cm³/mol. The maximum atomic E-state index is 11.0. The third kappa shape index (κ3) is 2.32. The minimum absolute atomic E-state index is 0.0919. The average Bonchev–Trinajstić information content (AvgIpc) is 2.09. The Morgan fingerprint density at radius 1 is 1.67 bits per heavy atom. The fourth-order valence-corrected chi connectivity index (χ4v) is 0.759. The van der Waals surface area contributed by atoms with Crippen molar-refractivity contribution in [1.82, 2.24) is 9.97 Å². The van der Waals surface area contributed by atoms with Gasteiger partial charge in [-0.1, -0.05) is 12.2 Å². The van der Waals surface area contributed by atoms with Crippen LogP contribution in [0.1, 0.15) is 12.0 Å². The van der Waals surface area contributed by atoms with Crippen LogP contribution in [0.15, 0.2) is 23.4 Å². The minimum atomic E-state index is -0.167. The average molecular weight is 166 g/mol. The summed E-state index contributed by atoms with van der Waals surface area (Å²) in [6.45, 7) is 0.0919. The SMILES string of the molecule is O=c1[nH]cncc1C=CCCO. The Morgan fingerprint density at radius 2 is 2.50 bits per heavy atom. The third-order valence-electron chi connectivity index (χ3n) is 1.34. The lowest BCUT2D eigenvalue weighted by Gasteiger charge is -1.88. The number of nitrogens with zero attached hydrogens (tertiary/aromatic N) is 1. The van der Waals surface area contributed by atoms with Gasteiger partial charge in [0.1, 0.15) is 0 Å². The van der Waals surface area contributed by atoms with Crippen LogP contribution in [0, 0.1) is 0 Å². The molecule has 64 valence electrons. The molecule has 12 heavy (non-hydrogen) atoms. The Balaban J connectivity index is 2.76. The molecular weight excluding hydrogens is 156 g/mol. The number of H-pyrrole nitrogens is 1. The van der Waals surface area contributed by atoms with Crippen LogP contribution >= 0.6 is 0 Å². The van der Waals surface area contributed by atoms with Crippen molar-refractivity contribution in [3.63, 3.8) is 0 Å². The second-order valence-corrected chi connectivity index (χ2v) is 2.25. The van der Waals surface area contributed by atoms with Crippen molar-refractivity contribution in [2.75, 3.05) is 6.61 Å². The number of aliphatic hydroxyl groups excluding tert-OH is 1. The molecule has 2 N–H and O–H groups in total. The number of aromatic amines is 1. The summed E-state index contributed by atoms with van der Waals surface area (Å²) in [6, 6.07) is 0. The van der Waals surface area contributed by atoms with Gasteiger partial charge in [0.15, 0.2) is 0 Å². The van der Waals surface area contributed by atoms with Crippen LogP contribution in [0.25, 0.3) is 6.08 Å². The van der Waals surface area contributed by atoms with Gasteiger partial charge in [-0.05, 0) is 6.42 Å². The Bertz CT molecular complexity index is 317. The molecular formula is C8H10N2O2. The van der Waals surface area contributed by atoms with E-state index in [2.05, 4.69) is 9.97 Å². The minimum Gasteiger partial charge on any atom is -0.396 e. The first-order valence-electron chi connectivity index (χ1n) is 3.64. The molecule has 0 saturated heterocycles. The normalized spacial score (nSPS) is 10.8. The molecule has 1 heterocycles. The topological polar surface area (TPSA) is 66.0 Å². The van der Waals surface area contributed by atoms with Gasteiger partial charge < -0.3 is 10.1 Å². The second kappa shape index (κ2) is 4.46. The van der Waals surface area contributed by atoms with Crippen molar-refractivity contribution in [3.05, 3.63) is 34.5 Å². The summed E-state index contributed by atoms with van der Waals surface area (Å²) in [5.41, 5.74) is 0.338. The lowest BCUT2D eigenvalue weighted by atomic mass is 10.3. The molecule has 1 aromatic rings. The third-order valence-corrected chi connectivity index (χ3v) is 1.34. The van der Waals surface area contributed by atoms with Gasteiger partial charge in [-0.15, -0.1) is 0 Å². The van der Waals surface area contributed by atoms with Gasteiger partial charge in [0.2, 0.25) is 0 Å². The van der Waals surface area contributed by atoms with Crippen LogP contribution in [-0.2, 0) is 0 Å². The lowest BCUT2D eigenvalue weighted by Crippen LogP contribution is -2.08. The number of aliphatic hydroxyl groups is 1. The first-order valence-corrected chi connectivity index (χ1v) is 3.64. The maximum Gasteiger partial charge on any atom is 0.257 e. The van der Waals surface area contributed by atoms with E-state index in [1.807, 2.05) is 0 Å². The molecule has 4 nitrogen and oxygen atoms in total. The Kier molecular flexibility index (Phi) is 3.22. The van der Waals surface area contributed by atoms with E-state index in [-0.39, 0.29) is 12.2 Å². The molecule has 0 fully saturated rings. The summed E-state index contributed by atoms with van der Waals surface area (Å²) in [5.74, 6) is 0. The van der Waals surface area contributed by atoms with Gasteiger partial charge in [0, 0.05) is 12.8 Å². The number of nitrogens with one attached hydrogen (secondary N) is 1. The zero-order chi connectivity index (χ0) is 8.81. The largest absolute Gasteiger partial charge is 0.396 e. The predicted octanol–water partition coefficient (Wildman–Crippen LogP) is 0.166. The van der Waals surface area contributed by atoms with Crippen LogP contribution in [0.3, 0.4) is 0 Å². The molecule has 0 amide bonds. The summed E-state index contributed by atoms with van der Waals surface area (Å²) in [6.07, 6.45) is 6.74. The van der Waals surface area contributed by atoms with E-state index in [0.717, 1.165) is 0 Å². The highest BCUT2D eigenvalue weighted by Crippen LogP contribution is 1.91. The molecule has 0 bridgehead atoms. The Hall–Kier alpha value is -1.42. The summed E-state index contributed by atoms with van der Waals surface area (Å²) in [5, 5.41) is 8.46. The van der Waals surface area contributed by atoms with Gasteiger partial charge in [-0.25, -0.2) is 4.98 Å². The van der Waals surface area contributed by atoms with Gasteiger partial charge in [0.25, 0.3) is 5.56 Å². The molecule has 0 aromatic carbocycles. The smallest absolute Gasteiger partial charge is 0.257 e. The van der Waals surface area contributed by atoms with Crippen molar-refractivity contribution < 1.29 is 5.11 Å². The van der Waals surface area contributed by atoms with Crippen molar-refractivity contribution in [1.29, 1.82) is 0 Å². The van der Waals surface area contributed by atoms with Gasteiger partial charge in [0.05, 0.1) is 11.9 Å². The monoisotopic (exact) mass is 166 g/mol. The molecule has 0 atom stereocenters. The van der Waals surface area contributed by atoms with E-state index in [1.54, 1.807) is 12.2 Å². The molecule has 1 aromatic heterocycles. The quantitative estimate of drug-likeness (QED) is 0.672. The highest BCUT2D eigenvalue weighted by atomic mass is 16.2. The maximum absolute atomic E-state index is 11.0. The van der Waals surface area contributed by atoms with E-state index in [1.165, 1.54) is 12.5 Å². The molecule has 0 radical (unpaired) electrons. The lowest BCUT2D eigenvalue weighted by molar-refractivity contribution is 0.303. The first-order chi connectivity index (χ1) is 5.84. The number of aromatic nitrogens is 2. The molecule has 0 aliphatic carbocycles. The van der Waals surface area contributed by atoms with Crippen LogP contribution in [0.4, 0.5) is 0 Å². The zero-order valence-corrected chi connectivity index (χ0v) is 6.53. The van der Waals surface area contributed by atoms with Crippen LogP contribution in [-0.4, -0.2) is 21.7 Å². The van der Waals surface area contributed by atoms with Crippen molar-refractivity contribution in [3.8, 4) is 0 Å². The molecule has 4 heteroatoms. The van der Waals surface area contributed by atoms with Gasteiger partial charge in [-0.2, -0.15) is 0 Å². The summed E-state index contributed by atoms with van der Waals surface area (Å²) in [7, 11) is 0. The zero-order valence-electron chi connectivity index (χ0n) is 6.53. The molecule has 0 spiro atoms. The fraction of sp³-hybridized carbons (Fsp3) is 0.250. The van der Waals surface area contributed by atoms with Gasteiger partial charge >= 0.3 is 0 Å². The molecule has 0 unspecified atom stereocenters. The van der Waals surface area contributed by atoms with E-state index in [0.29, 0.717) is 12.0 Å². The number of rotatable bonds is 3. The molecule has 0 aliphatic rings. The molecule has 0 aliphatic heterocycles. The molecule has 0 saturated carbocycles. The van der Waals surface area contributed by atoms with E-state index in [9.17, 15) is 4.79 Å². The van der Waals surface area contributed by atoms with E-state index in [4.69, 9.17) is 5.11 Å². The van der Waals surface area contributed by atoms with Crippen molar-refractivity contribution in [2.45, 2.75) is 6.42 Å². The summed E-state index contributed by atoms with van der Waals surface area (Å²) < 4.78 is 0. The van der Waals surface area contributed by atoms with Crippen LogP contribution < -0.4 is 5.56 Å². The second-order valence-electron chi connectivity index (χ2n) is 2.25.